The highest BCUT2D eigenvalue weighted by Crippen LogP contribution is 2.29. The predicted octanol–water partition coefficient (Wildman–Crippen LogP) is 4.51. The van der Waals surface area contributed by atoms with Crippen molar-refractivity contribution >= 4 is 28.6 Å². The highest BCUT2D eigenvalue weighted by atomic mass is 32.1. The summed E-state index contributed by atoms with van der Waals surface area (Å²) in [6, 6.07) is 0.254. The topological polar surface area (TPSA) is 71.0 Å². The number of halogens is 3. The highest BCUT2D eigenvalue weighted by molar-refractivity contribution is 7.11. The van der Waals surface area contributed by atoms with Gasteiger partial charge < -0.3 is 10.2 Å². The fourth-order valence-corrected chi connectivity index (χ4v) is 6.64. The lowest BCUT2D eigenvalue weighted by molar-refractivity contribution is -0.134. The number of rotatable bonds is 8. The SMILES string of the molecule is Cc1nnc(CC(=O)NC2CCC(CCN3CCc4nc(CCC(F)(F)F)sc4CC3)CC2)s1. The molecule has 1 fully saturated rings. The Bertz CT molecular complexity index is 927. The fourth-order valence-electron chi connectivity index (χ4n) is 4.83. The molecule has 4 rings (SSSR count). The molecule has 188 valence electrons. The summed E-state index contributed by atoms with van der Waals surface area (Å²) in [5, 5.41) is 13.4. The van der Waals surface area contributed by atoms with Crippen LogP contribution in [-0.4, -0.2) is 57.8 Å². The van der Waals surface area contributed by atoms with Gasteiger partial charge in [-0.3, -0.25) is 4.79 Å². The lowest BCUT2D eigenvalue weighted by Gasteiger charge is -2.30. The maximum atomic E-state index is 12.5. The van der Waals surface area contributed by atoms with Crippen molar-refractivity contribution in [1.29, 1.82) is 0 Å². The van der Waals surface area contributed by atoms with Gasteiger partial charge in [0.05, 0.1) is 17.1 Å². The molecule has 3 heterocycles. The Morgan fingerprint density at radius 3 is 2.56 bits per heavy atom. The third kappa shape index (κ3) is 7.71. The summed E-state index contributed by atoms with van der Waals surface area (Å²) in [5.41, 5.74) is 1.00. The molecule has 1 aliphatic heterocycles. The van der Waals surface area contributed by atoms with Gasteiger partial charge in [-0.25, -0.2) is 4.98 Å². The number of aryl methyl sites for hydroxylation is 2. The average Bonchev–Trinajstić information content (AvgIpc) is 3.32. The molecular weight excluding hydrogens is 483 g/mol. The zero-order chi connectivity index (χ0) is 24.1. The minimum Gasteiger partial charge on any atom is -0.353 e. The Balaban J connectivity index is 1.13. The van der Waals surface area contributed by atoms with E-state index in [2.05, 4.69) is 25.4 Å². The van der Waals surface area contributed by atoms with E-state index in [9.17, 15) is 18.0 Å². The van der Waals surface area contributed by atoms with Crippen LogP contribution in [0.25, 0.3) is 0 Å². The van der Waals surface area contributed by atoms with E-state index in [1.165, 1.54) is 27.6 Å². The smallest absolute Gasteiger partial charge is 0.353 e. The van der Waals surface area contributed by atoms with Crippen LogP contribution in [0.2, 0.25) is 0 Å². The summed E-state index contributed by atoms with van der Waals surface area (Å²) in [6.07, 6.45) is 2.56. The van der Waals surface area contributed by atoms with Gasteiger partial charge in [0.15, 0.2) is 0 Å². The van der Waals surface area contributed by atoms with Crippen molar-refractivity contribution in [3.63, 3.8) is 0 Å². The second kappa shape index (κ2) is 11.4. The van der Waals surface area contributed by atoms with Gasteiger partial charge in [-0.1, -0.05) is 0 Å². The van der Waals surface area contributed by atoms with Gasteiger partial charge in [0.25, 0.3) is 0 Å². The lowest BCUT2D eigenvalue weighted by Crippen LogP contribution is -2.39. The van der Waals surface area contributed by atoms with Crippen LogP contribution in [0.5, 0.6) is 0 Å². The van der Waals surface area contributed by atoms with Gasteiger partial charge in [0, 0.05) is 43.3 Å². The summed E-state index contributed by atoms with van der Waals surface area (Å²) in [5.74, 6) is 0.718. The van der Waals surface area contributed by atoms with Crippen LogP contribution in [0.15, 0.2) is 0 Å². The van der Waals surface area contributed by atoms with Gasteiger partial charge >= 0.3 is 6.18 Å². The Morgan fingerprint density at radius 2 is 1.85 bits per heavy atom. The molecule has 2 aliphatic rings. The molecule has 2 aromatic heterocycles. The average molecular weight is 516 g/mol. The number of amides is 1. The standard InChI is InChI=1S/C23H32F3N5OS2/c1-15-29-30-22(33-15)14-20(32)27-17-4-2-16(3-5-17)7-11-31-12-8-18-19(9-13-31)34-21(28-18)6-10-23(24,25)26/h16-17H,2-14H2,1H3,(H,27,32). The number of carbonyl (C=O) groups excluding carboxylic acids is 1. The summed E-state index contributed by atoms with van der Waals surface area (Å²) in [4.78, 5) is 20.4. The van der Waals surface area contributed by atoms with Gasteiger partial charge in [0.1, 0.15) is 10.0 Å². The third-order valence-electron chi connectivity index (χ3n) is 6.71. The molecule has 1 saturated carbocycles. The number of hydrogen-bond acceptors (Lipinski definition) is 7. The summed E-state index contributed by atoms with van der Waals surface area (Å²) >= 11 is 2.93. The quantitative estimate of drug-likeness (QED) is 0.560. The molecule has 1 amide bonds. The van der Waals surface area contributed by atoms with E-state index < -0.39 is 12.6 Å². The normalized spacial score (nSPS) is 21.8. The van der Waals surface area contributed by atoms with E-state index in [0.717, 1.165) is 80.3 Å². The van der Waals surface area contributed by atoms with Gasteiger partial charge in [-0.2, -0.15) is 13.2 Å². The maximum absolute atomic E-state index is 12.5. The van der Waals surface area contributed by atoms with E-state index in [1.807, 2.05) is 6.92 Å². The Labute approximate surface area is 206 Å². The predicted molar refractivity (Wildman–Crippen MR) is 127 cm³/mol. The van der Waals surface area contributed by atoms with E-state index in [1.54, 1.807) is 0 Å². The van der Waals surface area contributed by atoms with Gasteiger partial charge in [0.2, 0.25) is 5.91 Å². The molecule has 0 atom stereocenters. The van der Waals surface area contributed by atoms with E-state index >= 15 is 0 Å². The molecule has 0 bridgehead atoms. The van der Waals surface area contributed by atoms with Crippen molar-refractivity contribution in [2.45, 2.75) is 83.4 Å². The first-order valence-electron chi connectivity index (χ1n) is 12.1. The summed E-state index contributed by atoms with van der Waals surface area (Å²) in [7, 11) is 0. The number of carbonyl (C=O) groups is 1. The number of aromatic nitrogens is 3. The van der Waals surface area contributed by atoms with Crippen molar-refractivity contribution in [1.82, 2.24) is 25.4 Å². The van der Waals surface area contributed by atoms with Gasteiger partial charge in [-0.15, -0.1) is 32.9 Å². The fraction of sp³-hybridized carbons (Fsp3) is 0.739. The molecule has 1 aliphatic carbocycles. The van der Waals surface area contributed by atoms with E-state index in [-0.39, 0.29) is 18.4 Å². The van der Waals surface area contributed by atoms with Crippen LogP contribution < -0.4 is 5.32 Å². The monoisotopic (exact) mass is 515 g/mol. The Hall–Kier alpha value is -1.59. The minimum atomic E-state index is -4.12. The van der Waals surface area contributed by atoms with Crippen molar-refractivity contribution in [2.75, 3.05) is 19.6 Å². The van der Waals surface area contributed by atoms with Crippen LogP contribution in [0.4, 0.5) is 13.2 Å². The molecule has 0 saturated heterocycles. The molecule has 0 aromatic carbocycles. The van der Waals surface area contributed by atoms with Crippen LogP contribution >= 0.6 is 22.7 Å². The second-order valence-electron chi connectivity index (χ2n) is 9.40. The van der Waals surface area contributed by atoms with Crippen LogP contribution in [0.1, 0.15) is 64.1 Å². The van der Waals surface area contributed by atoms with Crippen LogP contribution in [0.3, 0.4) is 0 Å². The van der Waals surface area contributed by atoms with Crippen molar-refractivity contribution in [2.24, 2.45) is 5.92 Å². The first kappa shape index (κ1) is 25.5. The van der Waals surface area contributed by atoms with Crippen molar-refractivity contribution < 1.29 is 18.0 Å². The molecular formula is C23H32F3N5OS2. The molecule has 6 nitrogen and oxygen atoms in total. The van der Waals surface area contributed by atoms with E-state index in [4.69, 9.17) is 0 Å². The zero-order valence-electron chi connectivity index (χ0n) is 19.5. The first-order chi connectivity index (χ1) is 16.2. The molecule has 2 aromatic rings. The molecule has 0 unspecified atom stereocenters. The molecule has 0 spiro atoms. The van der Waals surface area contributed by atoms with E-state index in [0.29, 0.717) is 17.3 Å². The van der Waals surface area contributed by atoms with Gasteiger partial charge in [-0.05, 0) is 57.9 Å². The second-order valence-corrected chi connectivity index (χ2v) is 11.8. The summed E-state index contributed by atoms with van der Waals surface area (Å²) < 4.78 is 37.5. The van der Waals surface area contributed by atoms with Crippen molar-refractivity contribution in [3.8, 4) is 0 Å². The van der Waals surface area contributed by atoms with Crippen LogP contribution in [0, 0.1) is 12.8 Å². The number of fused-ring (bicyclic) bond motifs is 1. The van der Waals surface area contributed by atoms with Crippen LogP contribution in [-0.2, 0) is 30.5 Å². The minimum absolute atomic E-state index is 0.00416. The third-order valence-corrected chi connectivity index (χ3v) is 8.77. The number of thiazole rings is 1. The highest BCUT2D eigenvalue weighted by Gasteiger charge is 2.28. The molecule has 11 heteroatoms. The number of alkyl halides is 3. The maximum Gasteiger partial charge on any atom is 0.389 e. The zero-order valence-corrected chi connectivity index (χ0v) is 21.1. The lowest BCUT2D eigenvalue weighted by atomic mass is 9.84. The number of nitrogens with one attached hydrogen (secondary N) is 1. The molecule has 34 heavy (non-hydrogen) atoms. The number of nitrogens with zero attached hydrogens (tertiary/aromatic N) is 4. The molecule has 1 N–H and O–H groups in total. The number of hydrogen-bond donors (Lipinski definition) is 1. The Kier molecular flexibility index (Phi) is 8.57. The largest absolute Gasteiger partial charge is 0.389 e. The van der Waals surface area contributed by atoms with Crippen molar-refractivity contribution in [3.05, 3.63) is 25.6 Å². The molecule has 0 radical (unpaired) electrons. The Morgan fingerprint density at radius 1 is 1.09 bits per heavy atom. The first-order valence-corrected chi connectivity index (χ1v) is 13.7. The summed E-state index contributed by atoms with van der Waals surface area (Å²) in [6.45, 7) is 4.81.